The number of fused-ring (bicyclic) bond motifs is 1. The molecule has 1 N–H and O–H groups in total. The SMILES string of the molecule is COC1CNC(c2nc3cc(Br)ccc3o2)C1. The standard InChI is InChI=1S/C12H13BrN2O2/c1-16-8-5-10(14-6-8)12-15-9-4-7(13)2-3-11(9)17-12/h2-4,8,10,14H,5-6H2,1H3. The average Bonchev–Trinajstić information content (AvgIpc) is 2.93. The van der Waals surface area contributed by atoms with Gasteiger partial charge < -0.3 is 14.5 Å². The lowest BCUT2D eigenvalue weighted by Crippen LogP contribution is -2.16. The molecule has 0 bridgehead atoms. The van der Waals surface area contributed by atoms with E-state index in [1.54, 1.807) is 7.11 Å². The van der Waals surface area contributed by atoms with Gasteiger partial charge in [-0.05, 0) is 24.6 Å². The Bertz CT molecular complexity index is 540. The zero-order chi connectivity index (χ0) is 11.8. The van der Waals surface area contributed by atoms with Crippen molar-refractivity contribution in [3.63, 3.8) is 0 Å². The van der Waals surface area contributed by atoms with E-state index in [2.05, 4.69) is 26.2 Å². The van der Waals surface area contributed by atoms with E-state index in [0.717, 1.165) is 34.4 Å². The molecule has 17 heavy (non-hydrogen) atoms. The summed E-state index contributed by atoms with van der Waals surface area (Å²) in [5.41, 5.74) is 1.71. The summed E-state index contributed by atoms with van der Waals surface area (Å²) in [6.45, 7) is 0.851. The normalized spacial score (nSPS) is 24.6. The molecule has 0 amide bonds. The number of aromatic nitrogens is 1. The Balaban J connectivity index is 1.91. The predicted octanol–water partition coefficient (Wildman–Crippen LogP) is 2.64. The van der Waals surface area contributed by atoms with E-state index in [1.165, 1.54) is 0 Å². The minimum atomic E-state index is 0.158. The van der Waals surface area contributed by atoms with Crippen molar-refractivity contribution < 1.29 is 9.15 Å². The Labute approximate surface area is 107 Å². The number of ether oxygens (including phenoxy) is 1. The lowest BCUT2D eigenvalue weighted by Gasteiger charge is -2.04. The third-order valence-electron chi connectivity index (χ3n) is 3.09. The van der Waals surface area contributed by atoms with E-state index in [0.29, 0.717) is 0 Å². The first-order chi connectivity index (χ1) is 8.26. The van der Waals surface area contributed by atoms with Crippen LogP contribution in [0.1, 0.15) is 18.4 Å². The average molecular weight is 297 g/mol. The van der Waals surface area contributed by atoms with Gasteiger partial charge in [-0.3, -0.25) is 0 Å². The smallest absolute Gasteiger partial charge is 0.212 e. The molecule has 5 heteroatoms. The molecule has 0 spiro atoms. The van der Waals surface area contributed by atoms with Crippen LogP contribution in [0.15, 0.2) is 27.1 Å². The van der Waals surface area contributed by atoms with Crippen molar-refractivity contribution >= 4 is 27.0 Å². The third kappa shape index (κ3) is 2.10. The van der Waals surface area contributed by atoms with Crippen LogP contribution in [0.2, 0.25) is 0 Å². The summed E-state index contributed by atoms with van der Waals surface area (Å²) in [7, 11) is 1.73. The predicted molar refractivity (Wildman–Crippen MR) is 67.9 cm³/mol. The van der Waals surface area contributed by atoms with Gasteiger partial charge in [0.2, 0.25) is 5.89 Å². The fourth-order valence-corrected chi connectivity index (χ4v) is 2.49. The highest BCUT2D eigenvalue weighted by atomic mass is 79.9. The maximum Gasteiger partial charge on any atom is 0.212 e. The monoisotopic (exact) mass is 296 g/mol. The maximum absolute atomic E-state index is 5.75. The second-order valence-corrected chi connectivity index (χ2v) is 5.13. The molecule has 0 aliphatic carbocycles. The molecule has 2 atom stereocenters. The van der Waals surface area contributed by atoms with Crippen LogP contribution < -0.4 is 5.32 Å². The molecule has 1 aromatic heterocycles. The highest BCUT2D eigenvalue weighted by molar-refractivity contribution is 9.10. The molecule has 3 rings (SSSR count). The fourth-order valence-electron chi connectivity index (χ4n) is 2.14. The van der Waals surface area contributed by atoms with Crippen molar-refractivity contribution in [1.82, 2.24) is 10.3 Å². The Morgan fingerprint density at radius 2 is 2.41 bits per heavy atom. The molecule has 1 fully saturated rings. The van der Waals surface area contributed by atoms with Crippen LogP contribution in [0, 0.1) is 0 Å². The molecular formula is C12H13BrN2O2. The quantitative estimate of drug-likeness (QED) is 0.925. The Morgan fingerprint density at radius 3 is 3.18 bits per heavy atom. The zero-order valence-electron chi connectivity index (χ0n) is 9.44. The van der Waals surface area contributed by atoms with Gasteiger partial charge in [0.25, 0.3) is 0 Å². The van der Waals surface area contributed by atoms with Gasteiger partial charge in [-0.1, -0.05) is 15.9 Å². The van der Waals surface area contributed by atoms with Gasteiger partial charge in [-0.15, -0.1) is 0 Å². The maximum atomic E-state index is 5.75. The Kier molecular flexibility index (Phi) is 2.90. The summed E-state index contributed by atoms with van der Waals surface area (Å²) in [4.78, 5) is 4.51. The van der Waals surface area contributed by atoms with Crippen molar-refractivity contribution in [2.45, 2.75) is 18.6 Å². The van der Waals surface area contributed by atoms with Gasteiger partial charge in [-0.2, -0.15) is 0 Å². The number of nitrogens with zero attached hydrogens (tertiary/aromatic N) is 1. The molecule has 1 aromatic carbocycles. The lowest BCUT2D eigenvalue weighted by atomic mass is 10.2. The van der Waals surface area contributed by atoms with E-state index in [9.17, 15) is 0 Å². The van der Waals surface area contributed by atoms with Crippen LogP contribution in [0.5, 0.6) is 0 Å². The second-order valence-electron chi connectivity index (χ2n) is 4.22. The molecule has 1 aliphatic rings. The van der Waals surface area contributed by atoms with E-state index in [1.807, 2.05) is 18.2 Å². The molecule has 1 saturated heterocycles. The highest BCUT2D eigenvalue weighted by Crippen LogP contribution is 2.28. The first-order valence-corrected chi connectivity index (χ1v) is 6.38. The molecular weight excluding hydrogens is 284 g/mol. The molecule has 2 aromatic rings. The van der Waals surface area contributed by atoms with Gasteiger partial charge in [0, 0.05) is 18.1 Å². The Hall–Kier alpha value is -0.910. The van der Waals surface area contributed by atoms with Crippen LogP contribution in [0.3, 0.4) is 0 Å². The van der Waals surface area contributed by atoms with Gasteiger partial charge in [0.15, 0.2) is 5.58 Å². The summed E-state index contributed by atoms with van der Waals surface area (Å²) in [5, 5.41) is 3.36. The molecule has 0 radical (unpaired) electrons. The molecule has 2 heterocycles. The third-order valence-corrected chi connectivity index (χ3v) is 3.58. The summed E-state index contributed by atoms with van der Waals surface area (Å²) in [6.07, 6.45) is 1.16. The van der Waals surface area contributed by atoms with Crippen LogP contribution in [0.4, 0.5) is 0 Å². The number of nitrogens with one attached hydrogen (secondary N) is 1. The van der Waals surface area contributed by atoms with Gasteiger partial charge in [0.1, 0.15) is 5.52 Å². The van der Waals surface area contributed by atoms with Crippen LogP contribution in [-0.4, -0.2) is 24.7 Å². The van der Waals surface area contributed by atoms with Crippen molar-refractivity contribution in [2.75, 3.05) is 13.7 Å². The number of halogens is 1. The van der Waals surface area contributed by atoms with Crippen molar-refractivity contribution in [1.29, 1.82) is 0 Å². The number of benzene rings is 1. The minimum Gasteiger partial charge on any atom is -0.439 e. The number of rotatable bonds is 2. The highest BCUT2D eigenvalue weighted by Gasteiger charge is 2.28. The van der Waals surface area contributed by atoms with Crippen LogP contribution in [0.25, 0.3) is 11.1 Å². The zero-order valence-corrected chi connectivity index (χ0v) is 11.0. The van der Waals surface area contributed by atoms with E-state index < -0.39 is 0 Å². The second kappa shape index (κ2) is 4.40. The largest absolute Gasteiger partial charge is 0.439 e. The molecule has 0 saturated carbocycles. The van der Waals surface area contributed by atoms with Gasteiger partial charge >= 0.3 is 0 Å². The van der Waals surface area contributed by atoms with Gasteiger partial charge in [0.05, 0.1) is 12.1 Å². The summed E-state index contributed by atoms with van der Waals surface area (Å²) >= 11 is 3.43. The molecule has 2 unspecified atom stereocenters. The lowest BCUT2D eigenvalue weighted by molar-refractivity contribution is 0.116. The minimum absolute atomic E-state index is 0.158. The topological polar surface area (TPSA) is 47.3 Å². The summed E-state index contributed by atoms with van der Waals surface area (Å²) < 4.78 is 12.1. The van der Waals surface area contributed by atoms with Crippen molar-refractivity contribution in [3.05, 3.63) is 28.6 Å². The Morgan fingerprint density at radius 1 is 1.53 bits per heavy atom. The molecule has 4 nitrogen and oxygen atoms in total. The van der Waals surface area contributed by atoms with Crippen LogP contribution in [-0.2, 0) is 4.74 Å². The van der Waals surface area contributed by atoms with Gasteiger partial charge in [-0.25, -0.2) is 4.98 Å². The molecule has 90 valence electrons. The first kappa shape index (κ1) is 11.2. The number of oxazole rings is 1. The number of hydrogen-bond donors (Lipinski definition) is 1. The first-order valence-electron chi connectivity index (χ1n) is 5.58. The van der Waals surface area contributed by atoms with E-state index >= 15 is 0 Å². The van der Waals surface area contributed by atoms with Crippen LogP contribution >= 0.6 is 15.9 Å². The van der Waals surface area contributed by atoms with Crippen molar-refractivity contribution in [3.8, 4) is 0 Å². The number of methoxy groups -OCH3 is 1. The molecule has 1 aliphatic heterocycles. The van der Waals surface area contributed by atoms with E-state index in [-0.39, 0.29) is 12.1 Å². The summed E-state index contributed by atoms with van der Waals surface area (Å²) in [6, 6.07) is 6.01. The van der Waals surface area contributed by atoms with Crippen molar-refractivity contribution in [2.24, 2.45) is 0 Å². The fraction of sp³-hybridized carbons (Fsp3) is 0.417. The van der Waals surface area contributed by atoms with E-state index in [4.69, 9.17) is 9.15 Å². The summed E-state index contributed by atoms with van der Waals surface area (Å²) in [5.74, 6) is 0.748. The number of hydrogen-bond acceptors (Lipinski definition) is 4.